The van der Waals surface area contributed by atoms with Gasteiger partial charge in [-0.15, -0.1) is 0 Å². The van der Waals surface area contributed by atoms with Gasteiger partial charge in [0, 0.05) is 20.1 Å². The summed E-state index contributed by atoms with van der Waals surface area (Å²) in [7, 11) is -7.86. The van der Waals surface area contributed by atoms with Crippen molar-refractivity contribution in [3.05, 3.63) is 128 Å². The van der Waals surface area contributed by atoms with Gasteiger partial charge in [-0.25, -0.2) is 26.3 Å². The zero-order chi connectivity index (χ0) is 29.5. The number of hydrogen-bond acceptors (Lipinski definition) is 6. The molecule has 0 saturated heterocycles. The molecule has 0 aliphatic rings. The van der Waals surface area contributed by atoms with Gasteiger partial charge in [-0.1, -0.05) is 68.9 Å². The molecule has 208 valence electrons. The van der Waals surface area contributed by atoms with Crippen LogP contribution in [0.5, 0.6) is 0 Å². The van der Waals surface area contributed by atoms with E-state index in [2.05, 4.69) is 15.9 Å². The van der Waals surface area contributed by atoms with E-state index in [1.807, 2.05) is 9.44 Å². The first kappa shape index (κ1) is 31.6. The van der Waals surface area contributed by atoms with Gasteiger partial charge in [0.2, 0.25) is 0 Å². The van der Waals surface area contributed by atoms with E-state index in [0.717, 1.165) is 0 Å². The maximum atomic E-state index is 12.1. The summed E-state index contributed by atoms with van der Waals surface area (Å²) in [5.41, 5.74) is 0.345. The molecule has 0 unspecified atom stereocenters. The molecule has 4 rings (SSSR count). The average Bonchev–Trinajstić information content (AvgIpc) is 2.89. The van der Waals surface area contributed by atoms with Gasteiger partial charge >= 0.3 is 0 Å². The van der Waals surface area contributed by atoms with Crippen molar-refractivity contribution in [2.75, 3.05) is 0 Å². The molecular formula is C26H18BrCl3N2O6S2. The van der Waals surface area contributed by atoms with Gasteiger partial charge in [0.15, 0.2) is 0 Å². The number of carbonyl (C=O) groups is 2. The summed E-state index contributed by atoms with van der Waals surface area (Å²) < 4.78 is 52.7. The number of rotatable bonds is 6. The van der Waals surface area contributed by atoms with Crippen LogP contribution in [0.1, 0.15) is 20.7 Å². The highest BCUT2D eigenvalue weighted by Gasteiger charge is 2.20. The Balaban J connectivity index is 0.000000222. The highest BCUT2D eigenvalue weighted by Crippen LogP contribution is 2.22. The number of carbonyl (C=O) groups excluding carboxylic acids is 2. The predicted molar refractivity (Wildman–Crippen MR) is 158 cm³/mol. The monoisotopic (exact) mass is 702 g/mol. The second kappa shape index (κ2) is 13.6. The molecular weight excluding hydrogens is 687 g/mol. The lowest BCUT2D eigenvalue weighted by Gasteiger charge is -2.08. The molecule has 0 aliphatic heterocycles. The third-order valence-electron chi connectivity index (χ3n) is 4.91. The van der Waals surface area contributed by atoms with Crippen molar-refractivity contribution < 1.29 is 26.4 Å². The normalized spacial score (nSPS) is 11.1. The van der Waals surface area contributed by atoms with Gasteiger partial charge < -0.3 is 0 Å². The number of hydrogen-bond donors (Lipinski definition) is 2. The number of sulfonamides is 2. The minimum absolute atomic E-state index is 0.0128. The quantitative estimate of drug-likeness (QED) is 0.242. The number of halogens is 4. The first-order valence-electron chi connectivity index (χ1n) is 10.9. The second-order valence-corrected chi connectivity index (χ2v) is 13.3. The lowest BCUT2D eigenvalue weighted by atomic mass is 10.2. The predicted octanol–water partition coefficient (Wildman–Crippen LogP) is 6.33. The van der Waals surface area contributed by atoms with Crippen LogP contribution in [0, 0.1) is 0 Å². The minimum atomic E-state index is -3.98. The van der Waals surface area contributed by atoms with Crippen LogP contribution >= 0.6 is 50.7 Å². The van der Waals surface area contributed by atoms with E-state index in [1.165, 1.54) is 72.8 Å². The van der Waals surface area contributed by atoms with Crippen LogP contribution in [0.4, 0.5) is 0 Å². The van der Waals surface area contributed by atoms with Gasteiger partial charge in [-0.3, -0.25) is 9.59 Å². The molecule has 0 saturated carbocycles. The topological polar surface area (TPSA) is 126 Å². The van der Waals surface area contributed by atoms with Crippen LogP contribution in [0.25, 0.3) is 0 Å². The summed E-state index contributed by atoms with van der Waals surface area (Å²) in [6.45, 7) is 0. The second-order valence-electron chi connectivity index (χ2n) is 7.77. The van der Waals surface area contributed by atoms with Crippen molar-refractivity contribution in [3.63, 3.8) is 0 Å². The van der Waals surface area contributed by atoms with Gasteiger partial charge in [-0.2, -0.15) is 0 Å². The van der Waals surface area contributed by atoms with Gasteiger partial charge in [0.05, 0.1) is 20.4 Å². The van der Waals surface area contributed by atoms with Crippen molar-refractivity contribution in [3.8, 4) is 0 Å². The van der Waals surface area contributed by atoms with Crippen LogP contribution in [-0.2, 0) is 20.0 Å². The molecule has 40 heavy (non-hydrogen) atoms. The number of amides is 2. The average molecular weight is 705 g/mol. The molecule has 0 atom stereocenters. The van der Waals surface area contributed by atoms with E-state index < -0.39 is 31.9 Å². The Morgan fingerprint density at radius 2 is 1.05 bits per heavy atom. The molecule has 8 nitrogen and oxygen atoms in total. The zero-order valence-electron chi connectivity index (χ0n) is 20.0. The van der Waals surface area contributed by atoms with Gasteiger partial charge in [0.1, 0.15) is 0 Å². The fourth-order valence-corrected chi connectivity index (χ4v) is 5.92. The fourth-order valence-electron chi connectivity index (χ4n) is 2.97. The Labute approximate surface area is 254 Å². The van der Waals surface area contributed by atoms with Crippen LogP contribution in [0.15, 0.2) is 111 Å². The first-order valence-corrected chi connectivity index (χ1v) is 15.8. The highest BCUT2D eigenvalue weighted by atomic mass is 79.9. The molecule has 0 heterocycles. The van der Waals surface area contributed by atoms with Crippen molar-refractivity contribution in [2.45, 2.75) is 9.79 Å². The van der Waals surface area contributed by atoms with E-state index in [4.69, 9.17) is 34.8 Å². The molecule has 0 spiro atoms. The van der Waals surface area contributed by atoms with Crippen molar-refractivity contribution in [2.24, 2.45) is 0 Å². The third-order valence-corrected chi connectivity index (χ3v) is 8.92. The van der Waals surface area contributed by atoms with E-state index in [1.54, 1.807) is 24.3 Å². The third kappa shape index (κ3) is 8.79. The van der Waals surface area contributed by atoms with Gasteiger partial charge in [-0.05, 0) is 78.9 Å². The maximum absolute atomic E-state index is 12.1. The van der Waals surface area contributed by atoms with E-state index in [9.17, 15) is 26.4 Å². The highest BCUT2D eigenvalue weighted by molar-refractivity contribution is 9.10. The minimum Gasteiger partial charge on any atom is -0.268 e. The Bertz CT molecular complexity index is 1740. The summed E-state index contributed by atoms with van der Waals surface area (Å²) >= 11 is 20.5. The summed E-state index contributed by atoms with van der Waals surface area (Å²) in [5.74, 6) is -1.47. The Hall–Kier alpha value is -2.93. The maximum Gasteiger partial charge on any atom is 0.266 e. The number of benzene rings is 4. The SMILES string of the molecule is O=C(NS(=O)(=O)c1ccc(Cl)cc1)c1ccc(Br)cc1Cl.O=C(NS(=O)(=O)c1ccc(Cl)cc1)c1ccccc1. The van der Waals surface area contributed by atoms with Crippen molar-refractivity contribution in [1.82, 2.24) is 9.44 Å². The summed E-state index contributed by atoms with van der Waals surface area (Å²) in [5, 5.41) is 0.970. The van der Waals surface area contributed by atoms with Crippen LogP contribution in [0.3, 0.4) is 0 Å². The summed E-state index contributed by atoms with van der Waals surface area (Å²) in [4.78, 5) is 23.7. The summed E-state index contributed by atoms with van der Waals surface area (Å²) in [6.07, 6.45) is 0. The first-order chi connectivity index (χ1) is 18.8. The van der Waals surface area contributed by atoms with Crippen LogP contribution in [0.2, 0.25) is 15.1 Å². The lowest BCUT2D eigenvalue weighted by Crippen LogP contribution is -2.30. The van der Waals surface area contributed by atoms with Crippen LogP contribution in [-0.4, -0.2) is 28.6 Å². The Morgan fingerprint density at radius 1 is 0.600 bits per heavy atom. The molecule has 4 aromatic carbocycles. The van der Waals surface area contributed by atoms with Crippen LogP contribution < -0.4 is 9.44 Å². The van der Waals surface area contributed by atoms with Crippen molar-refractivity contribution >= 4 is 82.6 Å². The molecule has 2 amide bonds. The standard InChI is InChI=1S/C13H8BrCl2NO3S.C13H10ClNO3S/c14-8-1-6-11(12(16)7-8)13(18)17-21(19,20)10-4-2-9(15)3-5-10;14-11-6-8-12(9-7-11)19(17,18)15-13(16)10-4-2-1-3-5-10/h1-7H,(H,17,18);1-9H,(H,15,16). The Kier molecular flexibility index (Phi) is 10.8. The zero-order valence-corrected chi connectivity index (χ0v) is 25.5. The summed E-state index contributed by atoms with van der Waals surface area (Å²) in [6, 6.07) is 23.7. The van der Waals surface area contributed by atoms with Crippen molar-refractivity contribution in [1.29, 1.82) is 0 Å². The molecule has 4 aromatic rings. The van der Waals surface area contributed by atoms with E-state index in [0.29, 0.717) is 14.5 Å². The molecule has 0 fully saturated rings. The lowest BCUT2D eigenvalue weighted by molar-refractivity contribution is 0.0972. The molecule has 0 aromatic heterocycles. The Morgan fingerprint density at radius 3 is 1.50 bits per heavy atom. The molecule has 14 heteroatoms. The molecule has 0 bridgehead atoms. The smallest absolute Gasteiger partial charge is 0.266 e. The number of nitrogens with one attached hydrogen (secondary N) is 2. The van der Waals surface area contributed by atoms with E-state index in [-0.39, 0.29) is 25.9 Å². The molecule has 0 radical (unpaired) electrons. The largest absolute Gasteiger partial charge is 0.268 e. The van der Waals surface area contributed by atoms with E-state index >= 15 is 0 Å². The van der Waals surface area contributed by atoms with Gasteiger partial charge in [0.25, 0.3) is 31.9 Å². The molecule has 0 aliphatic carbocycles. The fraction of sp³-hybridized carbons (Fsp3) is 0. The molecule has 2 N–H and O–H groups in total.